The molecule has 0 aromatic carbocycles. The van der Waals surface area contributed by atoms with Crippen molar-refractivity contribution in [1.29, 1.82) is 0 Å². The summed E-state index contributed by atoms with van der Waals surface area (Å²) in [6, 6.07) is 2.27. The molecular weight excluding hydrogens is 895 g/mol. The van der Waals surface area contributed by atoms with E-state index in [0.29, 0.717) is 71.3 Å². The number of phosphoric acid groups is 3. The molecule has 0 spiro atoms. The second-order valence-electron chi connectivity index (χ2n) is 12.4. The van der Waals surface area contributed by atoms with Crippen LogP contribution in [0.2, 0.25) is 0 Å². The number of hydrogen-bond acceptors (Lipinski definition) is 19. The van der Waals surface area contributed by atoms with Gasteiger partial charge in [-0.25, -0.2) is 33.4 Å². The Morgan fingerprint density at radius 3 is 2.36 bits per heavy atom. The first-order valence-electron chi connectivity index (χ1n) is 17.6. The fraction of sp³-hybridized carbons (Fsp3) is 0.724. The van der Waals surface area contributed by atoms with Crippen molar-refractivity contribution < 1.29 is 84.4 Å². The summed E-state index contributed by atoms with van der Waals surface area (Å²) < 4.78 is 78.8. The number of amides is 2. The minimum absolute atomic E-state index is 0.0598. The van der Waals surface area contributed by atoms with Gasteiger partial charge in [-0.2, -0.15) is 8.62 Å². The molecule has 2 amide bonds. The third-order valence-corrected chi connectivity index (χ3v) is 13.8. The lowest BCUT2D eigenvalue weighted by molar-refractivity contribution is -0.0243. The van der Waals surface area contributed by atoms with Gasteiger partial charge in [0.25, 0.3) is 5.56 Å². The van der Waals surface area contributed by atoms with Gasteiger partial charge in [-0.15, -0.1) is 0 Å². The quantitative estimate of drug-likeness (QED) is 0.0148. The number of nitrogens with zero attached hydrogens (tertiary/aromatic N) is 1. The maximum absolute atomic E-state index is 12.4. The standard InChI is InChI=1S/C29H50N5O20P3S2/c1-29(2,8-14-50-28(38)32-11-16-47-18-17-46-15-9-30)59-58-21-48-12-3-4-13-49-27(37)31-10-7-22-19-34(26(36)33-25(22)35)24-6-5-23(52-24)20-51-56(42,43)54-57(44,45)53-55(39,40)41/h19,23-24H,3-6,8-9,11-18,20-21,30H2,1-2H3,(H,31,37)(H,32,38)(H,42,43)(H,44,45)(H,33,35,36)(H2,39,40,41)/t23-,24+/m0/s1. The fourth-order valence-electron chi connectivity index (χ4n) is 4.33. The van der Waals surface area contributed by atoms with E-state index in [0.717, 1.165) is 10.8 Å². The highest BCUT2D eigenvalue weighted by molar-refractivity contribution is 8.77. The summed E-state index contributed by atoms with van der Waals surface area (Å²) in [5, 5.41) is 4.78. The molecule has 1 aromatic rings. The van der Waals surface area contributed by atoms with Gasteiger partial charge in [-0.05, 0) is 51.9 Å². The summed E-state index contributed by atoms with van der Waals surface area (Å²) >= 11 is 0. The Hall–Kier alpha value is -2.31. The highest BCUT2D eigenvalue weighted by atomic mass is 33.1. The van der Waals surface area contributed by atoms with E-state index in [-0.39, 0.29) is 36.4 Å². The molecule has 30 heteroatoms. The zero-order valence-corrected chi connectivity index (χ0v) is 36.4. The molecule has 0 radical (unpaired) electrons. The number of nitrogens with one attached hydrogen (secondary N) is 3. The van der Waals surface area contributed by atoms with Crippen molar-refractivity contribution in [3.8, 4) is 12.0 Å². The Morgan fingerprint density at radius 2 is 1.64 bits per heavy atom. The Kier molecular flexibility index (Phi) is 24.1. The van der Waals surface area contributed by atoms with Crippen LogP contribution in [0.5, 0.6) is 0 Å². The van der Waals surface area contributed by atoms with Crippen LogP contribution in [0.15, 0.2) is 15.8 Å². The van der Waals surface area contributed by atoms with Gasteiger partial charge in [0.15, 0.2) is 0 Å². The number of hydrogen-bond donors (Lipinski definition) is 8. The van der Waals surface area contributed by atoms with Crippen LogP contribution in [0.25, 0.3) is 0 Å². The van der Waals surface area contributed by atoms with Gasteiger partial charge in [0.1, 0.15) is 17.7 Å². The van der Waals surface area contributed by atoms with Gasteiger partial charge in [0, 0.05) is 36.7 Å². The summed E-state index contributed by atoms with van der Waals surface area (Å²) in [5.41, 5.74) is 3.33. The monoisotopic (exact) mass is 945 g/mol. The van der Waals surface area contributed by atoms with Crippen molar-refractivity contribution in [2.45, 2.75) is 63.0 Å². The maximum Gasteiger partial charge on any atom is 0.490 e. The van der Waals surface area contributed by atoms with E-state index in [1.54, 1.807) is 10.8 Å². The predicted octanol–water partition coefficient (Wildman–Crippen LogP) is 1.62. The molecule has 0 saturated carbocycles. The van der Waals surface area contributed by atoms with Crippen LogP contribution in [0, 0.1) is 12.0 Å². The number of H-pyrrole nitrogens is 1. The molecule has 59 heavy (non-hydrogen) atoms. The number of ether oxygens (including phenoxy) is 6. The fourth-order valence-corrected chi connectivity index (χ4v) is 9.65. The Bertz CT molecular complexity index is 1800. The van der Waals surface area contributed by atoms with Gasteiger partial charge in [0.05, 0.1) is 52.4 Å². The van der Waals surface area contributed by atoms with Gasteiger partial charge >= 0.3 is 41.3 Å². The number of aromatic amines is 1. The van der Waals surface area contributed by atoms with E-state index in [1.165, 1.54) is 10.8 Å². The largest absolute Gasteiger partial charge is 0.490 e. The molecule has 1 aliphatic heterocycles. The minimum Gasteiger partial charge on any atom is -0.450 e. The minimum atomic E-state index is -5.70. The van der Waals surface area contributed by atoms with Crippen molar-refractivity contribution in [2.75, 3.05) is 71.9 Å². The van der Waals surface area contributed by atoms with E-state index in [1.807, 2.05) is 18.8 Å². The van der Waals surface area contributed by atoms with Crippen molar-refractivity contribution in [3.05, 3.63) is 32.6 Å². The van der Waals surface area contributed by atoms with Crippen LogP contribution in [0.1, 0.15) is 57.7 Å². The maximum atomic E-state index is 12.4. The molecule has 9 N–H and O–H groups in total. The molecule has 338 valence electrons. The summed E-state index contributed by atoms with van der Waals surface area (Å²) in [6.07, 6.45) is -0.380. The molecule has 2 rings (SSSR count). The van der Waals surface area contributed by atoms with Crippen LogP contribution in [0.3, 0.4) is 0 Å². The zero-order chi connectivity index (χ0) is 44.0. The Morgan fingerprint density at radius 1 is 0.949 bits per heavy atom. The van der Waals surface area contributed by atoms with Gasteiger partial charge in [-0.1, -0.05) is 21.6 Å². The first kappa shape index (κ1) is 52.8. The SMILES string of the molecule is CC(C)(CCOC(=O)NCCOCCOCCN)SSCOCCCCOC(=O)NC#Cc1cn([C@H]2CC[C@@H](COP(=O)(O)OP(=O)(O)OP(=O)(O)O)O2)c(=O)[nH]c1=O. The third-order valence-electron chi connectivity index (χ3n) is 6.98. The smallest absolute Gasteiger partial charge is 0.450 e. The number of carbonyl (C=O) groups excluding carboxylic acids is 2. The average Bonchev–Trinajstić information content (AvgIpc) is 3.59. The van der Waals surface area contributed by atoms with Crippen molar-refractivity contribution in [3.63, 3.8) is 0 Å². The van der Waals surface area contributed by atoms with E-state index in [2.05, 4.69) is 35.7 Å². The highest BCUT2D eigenvalue weighted by Crippen LogP contribution is 2.66. The zero-order valence-electron chi connectivity index (χ0n) is 32.0. The lowest BCUT2D eigenvalue weighted by atomic mass is 10.1. The molecule has 2 unspecified atom stereocenters. The molecule has 25 nitrogen and oxygen atoms in total. The summed E-state index contributed by atoms with van der Waals surface area (Å²) in [4.78, 5) is 86.8. The third kappa shape index (κ3) is 24.7. The number of nitrogens with two attached hydrogens (primary N) is 1. The summed E-state index contributed by atoms with van der Waals surface area (Å²) in [5.74, 6) is 2.81. The van der Waals surface area contributed by atoms with E-state index < -0.39 is 65.8 Å². The number of phosphoric ester groups is 1. The van der Waals surface area contributed by atoms with Crippen LogP contribution in [0.4, 0.5) is 9.59 Å². The van der Waals surface area contributed by atoms with E-state index in [4.69, 9.17) is 43.9 Å². The van der Waals surface area contributed by atoms with Crippen LogP contribution in [-0.4, -0.2) is 124 Å². The van der Waals surface area contributed by atoms with E-state index in [9.17, 15) is 42.7 Å². The number of aromatic nitrogens is 2. The van der Waals surface area contributed by atoms with Crippen LogP contribution in [-0.2, 0) is 55.3 Å². The number of rotatable bonds is 28. The first-order valence-corrected chi connectivity index (χ1v) is 24.4. The average molecular weight is 946 g/mol. The van der Waals surface area contributed by atoms with Crippen molar-refractivity contribution in [2.24, 2.45) is 5.73 Å². The summed E-state index contributed by atoms with van der Waals surface area (Å²) in [7, 11) is -13.5. The molecule has 0 aliphatic carbocycles. The van der Waals surface area contributed by atoms with Gasteiger partial charge in [0.2, 0.25) is 0 Å². The second kappa shape index (κ2) is 26.9. The Labute approximate surface area is 346 Å². The molecule has 1 fully saturated rings. The van der Waals surface area contributed by atoms with Crippen molar-refractivity contribution in [1.82, 2.24) is 20.2 Å². The molecule has 4 atom stereocenters. The second-order valence-corrected chi connectivity index (χ2v) is 19.8. The number of carbonyl (C=O) groups is 2. The number of alkyl carbamates (subject to hydrolysis) is 2. The van der Waals surface area contributed by atoms with Gasteiger partial charge < -0.3 is 59.0 Å². The number of unbranched alkanes of at least 4 members (excludes halogenated alkanes) is 1. The van der Waals surface area contributed by atoms with Crippen LogP contribution >= 0.6 is 45.1 Å². The molecular formula is C29H50N5O20P3S2. The first-order chi connectivity index (χ1) is 27.7. The molecule has 1 aromatic heterocycles. The Balaban J connectivity index is 1.61. The van der Waals surface area contributed by atoms with Crippen LogP contribution < -0.4 is 27.6 Å². The van der Waals surface area contributed by atoms with Gasteiger partial charge in [-0.3, -0.25) is 18.9 Å². The van der Waals surface area contributed by atoms with E-state index >= 15 is 0 Å². The molecule has 1 aliphatic rings. The predicted molar refractivity (Wildman–Crippen MR) is 210 cm³/mol. The lowest BCUT2D eigenvalue weighted by Crippen LogP contribution is -2.34. The molecule has 0 bridgehead atoms. The normalized spacial score (nSPS) is 17.6. The van der Waals surface area contributed by atoms with Crippen molar-refractivity contribution >= 4 is 57.2 Å². The molecule has 1 saturated heterocycles. The highest BCUT2D eigenvalue weighted by Gasteiger charge is 2.41. The molecule has 2 heterocycles. The topological polar surface area (TPSA) is 354 Å². The lowest BCUT2D eigenvalue weighted by Gasteiger charge is -2.22. The summed E-state index contributed by atoms with van der Waals surface area (Å²) in [6.45, 7) is 6.49.